The van der Waals surface area contributed by atoms with Crippen molar-refractivity contribution < 1.29 is 4.79 Å². The van der Waals surface area contributed by atoms with E-state index >= 15 is 0 Å². The normalized spacial score (nSPS) is 12.4. The van der Waals surface area contributed by atoms with Gasteiger partial charge in [0, 0.05) is 12.2 Å². The maximum Gasteiger partial charge on any atom is 0.323 e. The number of aromatic amines is 2. The van der Waals surface area contributed by atoms with E-state index in [0.717, 1.165) is 10.7 Å². The third-order valence-electron chi connectivity index (χ3n) is 4.21. The van der Waals surface area contributed by atoms with Gasteiger partial charge in [0.2, 0.25) is 5.91 Å². The number of benzene rings is 1. The van der Waals surface area contributed by atoms with Gasteiger partial charge in [-0.3, -0.25) is 4.79 Å². The number of anilines is 1. The number of H-pyrrole nitrogens is 2. The highest BCUT2D eigenvalue weighted by Gasteiger charge is 2.21. The molecule has 3 aromatic heterocycles. The lowest BCUT2D eigenvalue weighted by Crippen LogP contribution is -2.23. The first-order chi connectivity index (χ1) is 13.5. The van der Waals surface area contributed by atoms with Gasteiger partial charge in [0.25, 0.3) is 0 Å². The lowest BCUT2D eigenvalue weighted by molar-refractivity contribution is -0.115. The van der Waals surface area contributed by atoms with Gasteiger partial charge in [-0.1, -0.05) is 17.8 Å². The van der Waals surface area contributed by atoms with Gasteiger partial charge in [0.1, 0.15) is 0 Å². The van der Waals surface area contributed by atoms with Gasteiger partial charge in [-0.2, -0.15) is 0 Å². The number of nitrogens with one attached hydrogen (secondary N) is 3. The van der Waals surface area contributed by atoms with Crippen LogP contribution in [0.15, 0.2) is 45.7 Å². The van der Waals surface area contributed by atoms with Crippen molar-refractivity contribution >= 4 is 45.7 Å². The van der Waals surface area contributed by atoms with Crippen LogP contribution in [-0.4, -0.2) is 35.9 Å². The molecule has 4 rings (SSSR count). The van der Waals surface area contributed by atoms with Crippen LogP contribution in [0.5, 0.6) is 0 Å². The number of imidazole rings is 1. The Hall–Kier alpha value is -2.85. The summed E-state index contributed by atoms with van der Waals surface area (Å²) in [6.07, 6.45) is 0. The molecular formula is C18H18N6O2S2. The lowest BCUT2D eigenvalue weighted by Gasteiger charge is -2.12. The fourth-order valence-electron chi connectivity index (χ4n) is 2.81. The predicted octanol–water partition coefficient (Wildman–Crippen LogP) is 3.32. The van der Waals surface area contributed by atoms with Crippen molar-refractivity contribution in [3.63, 3.8) is 0 Å². The van der Waals surface area contributed by atoms with E-state index < -0.39 is 0 Å². The molecule has 1 amide bonds. The number of thiophene rings is 1. The van der Waals surface area contributed by atoms with Crippen LogP contribution in [-0.2, 0) is 11.3 Å². The molecule has 0 fully saturated rings. The summed E-state index contributed by atoms with van der Waals surface area (Å²) < 4.78 is 2.01. The number of hydrogen-bond donors (Lipinski definition) is 3. The summed E-state index contributed by atoms with van der Waals surface area (Å²) in [5.74, 6) is 0.667. The molecule has 0 radical (unpaired) electrons. The Morgan fingerprint density at radius 1 is 1.29 bits per heavy atom. The number of carbonyl (C=O) groups excluding carboxylic acids is 1. The zero-order chi connectivity index (χ0) is 19.7. The van der Waals surface area contributed by atoms with E-state index in [1.807, 2.05) is 35.9 Å². The monoisotopic (exact) mass is 414 g/mol. The molecule has 8 nitrogen and oxygen atoms in total. The number of rotatable bonds is 6. The van der Waals surface area contributed by atoms with E-state index in [-0.39, 0.29) is 16.8 Å². The predicted molar refractivity (Wildman–Crippen MR) is 112 cm³/mol. The Bertz CT molecular complexity index is 1170. The number of carbonyl (C=O) groups is 1. The maximum absolute atomic E-state index is 12.6. The molecule has 4 aromatic rings. The molecule has 0 saturated heterocycles. The molecular weight excluding hydrogens is 396 g/mol. The van der Waals surface area contributed by atoms with E-state index in [2.05, 4.69) is 25.5 Å². The summed E-state index contributed by atoms with van der Waals surface area (Å²) in [6.45, 7) is 4.58. The van der Waals surface area contributed by atoms with Crippen LogP contribution >= 0.6 is 23.1 Å². The quantitative estimate of drug-likeness (QED) is 0.420. The van der Waals surface area contributed by atoms with Crippen LogP contribution in [0.1, 0.15) is 13.8 Å². The van der Waals surface area contributed by atoms with Crippen molar-refractivity contribution in [2.75, 3.05) is 5.32 Å². The SMILES string of the molecule is CCn1c(SC(C)C(=O)Nc2ccc3[nH]c(=O)[nH]c3c2)nnc1-c1cccs1. The minimum Gasteiger partial charge on any atom is -0.325 e. The van der Waals surface area contributed by atoms with Gasteiger partial charge in [-0.05, 0) is 43.5 Å². The van der Waals surface area contributed by atoms with Gasteiger partial charge < -0.3 is 19.9 Å². The second kappa shape index (κ2) is 7.64. The Labute approximate surface area is 168 Å². The standard InChI is InChI=1S/C18H18N6O2S2/c1-3-24-15(14-5-4-8-27-14)22-23-18(24)28-10(2)16(25)19-11-6-7-12-13(9-11)21-17(26)20-12/h4-10H,3H2,1-2H3,(H,19,25)(H2,20,21,26). The lowest BCUT2D eigenvalue weighted by atomic mass is 10.2. The van der Waals surface area contributed by atoms with Gasteiger partial charge >= 0.3 is 5.69 Å². The van der Waals surface area contributed by atoms with Gasteiger partial charge in [-0.25, -0.2) is 4.79 Å². The van der Waals surface area contributed by atoms with Crippen molar-refractivity contribution in [3.8, 4) is 10.7 Å². The molecule has 28 heavy (non-hydrogen) atoms. The van der Waals surface area contributed by atoms with Crippen molar-refractivity contribution in [1.82, 2.24) is 24.7 Å². The first-order valence-electron chi connectivity index (χ1n) is 8.72. The average molecular weight is 415 g/mol. The minimum atomic E-state index is -0.369. The molecule has 1 atom stereocenters. The van der Waals surface area contributed by atoms with E-state index in [1.165, 1.54) is 11.8 Å². The number of hydrogen-bond acceptors (Lipinski definition) is 6. The first kappa shape index (κ1) is 18.5. The molecule has 10 heteroatoms. The molecule has 0 aliphatic heterocycles. The van der Waals surface area contributed by atoms with Crippen LogP contribution < -0.4 is 11.0 Å². The van der Waals surface area contributed by atoms with Crippen LogP contribution in [0.2, 0.25) is 0 Å². The minimum absolute atomic E-state index is 0.148. The first-order valence-corrected chi connectivity index (χ1v) is 10.5. The summed E-state index contributed by atoms with van der Waals surface area (Å²) in [4.78, 5) is 30.4. The Balaban J connectivity index is 1.49. The molecule has 1 unspecified atom stereocenters. The molecule has 144 valence electrons. The summed E-state index contributed by atoms with van der Waals surface area (Å²) in [5, 5.41) is 13.8. The number of amides is 1. The third kappa shape index (κ3) is 3.60. The second-order valence-electron chi connectivity index (χ2n) is 6.12. The number of thioether (sulfide) groups is 1. The van der Waals surface area contributed by atoms with Gasteiger partial charge in [-0.15, -0.1) is 21.5 Å². The Kier molecular flexibility index (Phi) is 5.05. The molecule has 0 aliphatic carbocycles. The average Bonchev–Trinajstić information content (AvgIpc) is 3.39. The zero-order valence-corrected chi connectivity index (χ0v) is 16.9. The summed E-state index contributed by atoms with van der Waals surface area (Å²) in [7, 11) is 0. The van der Waals surface area contributed by atoms with E-state index in [4.69, 9.17) is 0 Å². The smallest absolute Gasteiger partial charge is 0.323 e. The van der Waals surface area contributed by atoms with Crippen LogP contribution in [0.25, 0.3) is 21.7 Å². The fraction of sp³-hybridized carbons (Fsp3) is 0.222. The number of nitrogens with zero attached hydrogens (tertiary/aromatic N) is 3. The molecule has 0 bridgehead atoms. The highest BCUT2D eigenvalue weighted by Crippen LogP contribution is 2.29. The van der Waals surface area contributed by atoms with Crippen molar-refractivity contribution in [2.45, 2.75) is 30.8 Å². The molecule has 0 spiro atoms. The zero-order valence-electron chi connectivity index (χ0n) is 15.2. The van der Waals surface area contributed by atoms with E-state index in [0.29, 0.717) is 28.4 Å². The molecule has 3 N–H and O–H groups in total. The maximum atomic E-state index is 12.6. The third-order valence-corrected chi connectivity index (χ3v) is 6.16. The van der Waals surface area contributed by atoms with Gasteiger partial charge in [0.15, 0.2) is 11.0 Å². The molecule has 0 saturated carbocycles. The topological polar surface area (TPSA) is 108 Å². The van der Waals surface area contributed by atoms with Crippen LogP contribution in [0.3, 0.4) is 0 Å². The van der Waals surface area contributed by atoms with Crippen molar-refractivity contribution in [1.29, 1.82) is 0 Å². The van der Waals surface area contributed by atoms with E-state index in [1.54, 1.807) is 29.5 Å². The summed E-state index contributed by atoms with van der Waals surface area (Å²) in [5.41, 5.74) is 1.69. The highest BCUT2D eigenvalue weighted by atomic mass is 32.2. The van der Waals surface area contributed by atoms with Crippen LogP contribution in [0, 0.1) is 0 Å². The van der Waals surface area contributed by atoms with Gasteiger partial charge in [0.05, 0.1) is 21.2 Å². The summed E-state index contributed by atoms with van der Waals surface area (Å²) >= 11 is 2.97. The summed E-state index contributed by atoms with van der Waals surface area (Å²) in [6, 6.07) is 9.22. The highest BCUT2D eigenvalue weighted by molar-refractivity contribution is 8.00. The van der Waals surface area contributed by atoms with Crippen LogP contribution in [0.4, 0.5) is 5.69 Å². The van der Waals surface area contributed by atoms with E-state index in [9.17, 15) is 9.59 Å². The second-order valence-corrected chi connectivity index (χ2v) is 8.37. The van der Waals surface area contributed by atoms with Crippen molar-refractivity contribution in [3.05, 3.63) is 46.2 Å². The number of aromatic nitrogens is 5. The molecule has 3 heterocycles. The largest absolute Gasteiger partial charge is 0.325 e. The Morgan fingerprint density at radius 3 is 2.86 bits per heavy atom. The van der Waals surface area contributed by atoms with Crippen molar-refractivity contribution in [2.24, 2.45) is 0 Å². The molecule has 1 aromatic carbocycles. The molecule has 0 aliphatic rings. The fourth-order valence-corrected chi connectivity index (χ4v) is 4.45. The number of fused-ring (bicyclic) bond motifs is 1. The Morgan fingerprint density at radius 2 is 2.11 bits per heavy atom.